The molecule has 26 heavy (non-hydrogen) atoms. The van der Waals surface area contributed by atoms with Gasteiger partial charge in [0, 0.05) is 24.5 Å². The van der Waals surface area contributed by atoms with Crippen molar-refractivity contribution in [3.8, 4) is 0 Å². The average molecular weight is 360 g/mol. The largest absolute Gasteiger partial charge is 0.469 e. The van der Waals surface area contributed by atoms with Crippen molar-refractivity contribution in [2.24, 2.45) is 34.5 Å². The number of carbonyl (C=O) groups is 1. The SMILES string of the molecule is COC(=O)CC[C@]12[C@@H]3CCC[C@@]34CC[C@@H]3CN4[C@@H]1[C@@H](C(C)C)CC[C@@]32C. The van der Waals surface area contributed by atoms with Crippen molar-refractivity contribution in [1.82, 2.24) is 4.90 Å². The molecule has 146 valence electrons. The molecule has 3 nitrogen and oxygen atoms in total. The first-order chi connectivity index (χ1) is 12.4. The first-order valence-electron chi connectivity index (χ1n) is 11.2. The molecule has 2 saturated carbocycles. The van der Waals surface area contributed by atoms with E-state index in [4.69, 9.17) is 4.74 Å². The fraction of sp³-hybridized carbons (Fsp3) is 0.957. The van der Waals surface area contributed by atoms with Gasteiger partial charge in [0.2, 0.25) is 0 Å². The lowest BCUT2D eigenvalue weighted by Crippen LogP contribution is -2.68. The Balaban J connectivity index is 1.67. The zero-order valence-electron chi connectivity index (χ0n) is 17.2. The van der Waals surface area contributed by atoms with Gasteiger partial charge < -0.3 is 4.74 Å². The van der Waals surface area contributed by atoms with Gasteiger partial charge in [-0.25, -0.2) is 0 Å². The highest BCUT2D eigenvalue weighted by Gasteiger charge is 2.79. The zero-order chi connectivity index (χ0) is 18.3. The molecule has 0 aromatic heterocycles. The Labute approximate surface area is 159 Å². The lowest BCUT2D eigenvalue weighted by Gasteiger charge is -2.67. The quantitative estimate of drug-likeness (QED) is 0.685. The molecular weight excluding hydrogens is 322 g/mol. The van der Waals surface area contributed by atoms with Crippen LogP contribution >= 0.6 is 0 Å². The van der Waals surface area contributed by atoms with Crippen molar-refractivity contribution in [1.29, 1.82) is 0 Å². The minimum Gasteiger partial charge on any atom is -0.469 e. The molecule has 5 rings (SSSR count). The van der Waals surface area contributed by atoms with Gasteiger partial charge >= 0.3 is 5.97 Å². The molecule has 0 aromatic carbocycles. The van der Waals surface area contributed by atoms with Gasteiger partial charge in [0.1, 0.15) is 0 Å². The Bertz CT molecular complexity index is 617. The van der Waals surface area contributed by atoms with Gasteiger partial charge in [-0.15, -0.1) is 0 Å². The second-order valence-electron chi connectivity index (χ2n) is 10.9. The molecule has 3 heteroatoms. The molecule has 3 saturated heterocycles. The second kappa shape index (κ2) is 5.49. The summed E-state index contributed by atoms with van der Waals surface area (Å²) in [6, 6.07) is 0.716. The summed E-state index contributed by atoms with van der Waals surface area (Å²) in [6.07, 6.45) is 11.6. The van der Waals surface area contributed by atoms with Gasteiger partial charge in [0.05, 0.1) is 7.11 Å². The van der Waals surface area contributed by atoms with E-state index in [1.807, 2.05) is 0 Å². The Kier molecular flexibility index (Phi) is 3.70. The summed E-state index contributed by atoms with van der Waals surface area (Å²) in [5.41, 5.74) is 1.26. The third-order valence-electron chi connectivity index (χ3n) is 10.3. The minimum absolute atomic E-state index is 0.00515. The third kappa shape index (κ3) is 1.78. The van der Waals surface area contributed by atoms with Crippen LogP contribution in [0.2, 0.25) is 0 Å². The standard InChI is InChI=1S/C23H37NO2/c1-15(2)17-8-11-21(3)16-7-12-22-10-5-6-18(22)23(21,13-9-19(25)26-4)20(17)24(22)14-16/h15-18,20H,5-14H2,1-4H3/t16-,17-,18-,20-,21+,22-,23+/m1/s1. The molecule has 5 fully saturated rings. The zero-order valence-corrected chi connectivity index (χ0v) is 17.2. The Hall–Kier alpha value is -0.570. The smallest absolute Gasteiger partial charge is 0.305 e. The number of fused-ring (bicyclic) bond motifs is 2. The molecule has 0 N–H and O–H groups in total. The van der Waals surface area contributed by atoms with Crippen molar-refractivity contribution >= 4 is 5.97 Å². The summed E-state index contributed by atoms with van der Waals surface area (Å²) in [5, 5.41) is 0. The van der Waals surface area contributed by atoms with E-state index in [-0.39, 0.29) is 5.97 Å². The molecule has 1 unspecified atom stereocenters. The summed E-state index contributed by atoms with van der Waals surface area (Å²) >= 11 is 0. The van der Waals surface area contributed by atoms with E-state index in [1.165, 1.54) is 51.5 Å². The van der Waals surface area contributed by atoms with Crippen LogP contribution in [0.15, 0.2) is 0 Å². The number of piperidine rings is 2. The molecule has 2 aliphatic carbocycles. The highest BCUT2D eigenvalue weighted by atomic mass is 16.5. The molecule has 5 aliphatic rings. The molecular formula is C23H37NO2. The summed E-state index contributed by atoms with van der Waals surface area (Å²) in [5.74, 6) is 3.23. The molecule has 3 aliphatic heterocycles. The predicted octanol–water partition coefficient (Wildman–Crippen LogP) is 4.65. The van der Waals surface area contributed by atoms with Crippen molar-refractivity contribution in [3.05, 3.63) is 0 Å². The lowest BCUT2D eigenvalue weighted by atomic mass is 9.42. The number of methoxy groups -OCH3 is 1. The summed E-state index contributed by atoms with van der Waals surface area (Å²) in [7, 11) is 1.56. The van der Waals surface area contributed by atoms with Crippen LogP contribution in [0.3, 0.4) is 0 Å². The Morgan fingerprint density at radius 1 is 1.19 bits per heavy atom. The van der Waals surface area contributed by atoms with Crippen LogP contribution in [0.25, 0.3) is 0 Å². The number of nitrogens with zero attached hydrogens (tertiary/aromatic N) is 1. The summed E-state index contributed by atoms with van der Waals surface area (Å²) < 4.78 is 5.10. The van der Waals surface area contributed by atoms with E-state index in [0.29, 0.717) is 28.8 Å². The third-order valence-corrected chi connectivity index (χ3v) is 10.3. The van der Waals surface area contributed by atoms with E-state index in [1.54, 1.807) is 7.11 Å². The van der Waals surface area contributed by atoms with E-state index in [0.717, 1.165) is 30.1 Å². The van der Waals surface area contributed by atoms with Crippen molar-refractivity contribution in [2.75, 3.05) is 13.7 Å². The van der Waals surface area contributed by atoms with Gasteiger partial charge in [-0.05, 0) is 79.4 Å². The van der Waals surface area contributed by atoms with Crippen LogP contribution in [-0.2, 0) is 9.53 Å². The lowest BCUT2D eigenvalue weighted by molar-refractivity contribution is -0.184. The van der Waals surface area contributed by atoms with Crippen LogP contribution in [-0.4, -0.2) is 36.1 Å². The summed E-state index contributed by atoms with van der Waals surface area (Å²) in [6.45, 7) is 8.89. The van der Waals surface area contributed by atoms with E-state index >= 15 is 0 Å². The first-order valence-corrected chi connectivity index (χ1v) is 11.2. The maximum atomic E-state index is 12.2. The van der Waals surface area contributed by atoms with Crippen molar-refractivity contribution < 1.29 is 9.53 Å². The van der Waals surface area contributed by atoms with Gasteiger partial charge in [-0.3, -0.25) is 9.69 Å². The number of rotatable bonds is 4. The highest BCUT2D eigenvalue weighted by Crippen LogP contribution is 2.79. The van der Waals surface area contributed by atoms with E-state index < -0.39 is 0 Å². The topological polar surface area (TPSA) is 29.5 Å². The van der Waals surface area contributed by atoms with Gasteiger partial charge in [-0.1, -0.05) is 27.2 Å². The first kappa shape index (κ1) is 17.5. The molecule has 0 aromatic rings. The molecule has 3 heterocycles. The van der Waals surface area contributed by atoms with Crippen molar-refractivity contribution in [2.45, 2.75) is 90.1 Å². The average Bonchev–Trinajstić information content (AvgIpc) is 3.09. The fourth-order valence-electron chi connectivity index (χ4n) is 9.42. The second-order valence-corrected chi connectivity index (χ2v) is 10.9. The monoisotopic (exact) mass is 359 g/mol. The normalized spacial score (nSPS) is 53.8. The van der Waals surface area contributed by atoms with E-state index in [2.05, 4.69) is 25.7 Å². The Morgan fingerprint density at radius 3 is 2.73 bits per heavy atom. The van der Waals surface area contributed by atoms with Crippen LogP contribution in [0, 0.1) is 34.5 Å². The molecule has 0 amide bonds. The van der Waals surface area contributed by atoms with E-state index in [9.17, 15) is 4.79 Å². The number of hydrogen-bond acceptors (Lipinski definition) is 3. The minimum atomic E-state index is 0.00515. The van der Waals surface area contributed by atoms with Crippen LogP contribution < -0.4 is 0 Å². The number of carbonyl (C=O) groups excluding carboxylic acids is 1. The molecule has 5 bridgehead atoms. The Morgan fingerprint density at radius 2 is 2.00 bits per heavy atom. The predicted molar refractivity (Wildman–Crippen MR) is 103 cm³/mol. The van der Waals surface area contributed by atoms with Crippen LogP contribution in [0.1, 0.15) is 78.6 Å². The molecule has 8 atom stereocenters. The maximum Gasteiger partial charge on any atom is 0.305 e. The fourth-order valence-corrected chi connectivity index (χ4v) is 9.42. The maximum absolute atomic E-state index is 12.2. The van der Waals surface area contributed by atoms with Gasteiger partial charge in [0.25, 0.3) is 0 Å². The molecule has 0 radical (unpaired) electrons. The highest BCUT2D eigenvalue weighted by molar-refractivity contribution is 5.69. The van der Waals surface area contributed by atoms with Gasteiger partial charge in [0.15, 0.2) is 0 Å². The van der Waals surface area contributed by atoms with Gasteiger partial charge in [-0.2, -0.15) is 0 Å². The number of hydrogen-bond donors (Lipinski definition) is 0. The van der Waals surface area contributed by atoms with Crippen LogP contribution in [0.5, 0.6) is 0 Å². The number of ether oxygens (including phenoxy) is 1. The molecule has 1 spiro atoms. The summed E-state index contributed by atoms with van der Waals surface area (Å²) in [4.78, 5) is 15.3. The van der Waals surface area contributed by atoms with Crippen molar-refractivity contribution in [3.63, 3.8) is 0 Å². The number of esters is 1. The van der Waals surface area contributed by atoms with Crippen LogP contribution in [0.4, 0.5) is 0 Å².